The molecule has 0 saturated heterocycles. The van der Waals surface area contributed by atoms with Gasteiger partial charge in [-0.2, -0.15) is 0 Å². The molecular weight excluding hydrogens is 214 g/mol. The number of rotatable bonds is 5. The van der Waals surface area contributed by atoms with Crippen molar-refractivity contribution in [1.29, 1.82) is 0 Å². The van der Waals surface area contributed by atoms with Crippen molar-refractivity contribution >= 4 is 5.97 Å². The van der Waals surface area contributed by atoms with Gasteiger partial charge in [0.25, 0.3) is 5.92 Å². The van der Waals surface area contributed by atoms with E-state index in [-0.39, 0.29) is 19.3 Å². The standard InChI is InChI=1S/C12H20F2O2/c1-2-3-4-5-10-8-9(11(15)16)6-7-12(10,13)14/h9-10H,2-8H2,1H3,(H,15,16). The molecule has 0 aromatic heterocycles. The summed E-state index contributed by atoms with van der Waals surface area (Å²) in [5.41, 5.74) is 0. The first-order chi connectivity index (χ1) is 7.47. The van der Waals surface area contributed by atoms with Crippen LogP contribution in [0.15, 0.2) is 0 Å². The molecule has 1 aliphatic carbocycles. The van der Waals surface area contributed by atoms with Crippen LogP contribution in [-0.4, -0.2) is 17.0 Å². The number of carbonyl (C=O) groups is 1. The van der Waals surface area contributed by atoms with Gasteiger partial charge in [-0.1, -0.05) is 26.2 Å². The summed E-state index contributed by atoms with van der Waals surface area (Å²) < 4.78 is 27.1. The van der Waals surface area contributed by atoms with E-state index >= 15 is 0 Å². The Morgan fingerprint density at radius 2 is 2.12 bits per heavy atom. The van der Waals surface area contributed by atoms with Crippen molar-refractivity contribution in [3.8, 4) is 0 Å². The van der Waals surface area contributed by atoms with Crippen LogP contribution in [0.3, 0.4) is 0 Å². The van der Waals surface area contributed by atoms with E-state index in [0.29, 0.717) is 6.42 Å². The van der Waals surface area contributed by atoms with Gasteiger partial charge in [-0.3, -0.25) is 4.79 Å². The predicted octanol–water partition coefficient (Wildman–Crippen LogP) is 3.70. The number of carboxylic acids is 1. The fourth-order valence-electron chi connectivity index (χ4n) is 2.40. The van der Waals surface area contributed by atoms with Gasteiger partial charge in [0.05, 0.1) is 5.92 Å². The first-order valence-corrected chi connectivity index (χ1v) is 6.08. The van der Waals surface area contributed by atoms with Crippen molar-refractivity contribution in [3.63, 3.8) is 0 Å². The Kier molecular flexibility index (Phi) is 4.69. The molecule has 0 aromatic rings. The highest BCUT2D eigenvalue weighted by molar-refractivity contribution is 5.70. The van der Waals surface area contributed by atoms with E-state index in [9.17, 15) is 13.6 Å². The summed E-state index contributed by atoms with van der Waals surface area (Å²) in [6.07, 6.45) is 3.19. The van der Waals surface area contributed by atoms with Crippen molar-refractivity contribution in [2.45, 2.75) is 57.8 Å². The Morgan fingerprint density at radius 3 is 2.69 bits per heavy atom. The first-order valence-electron chi connectivity index (χ1n) is 6.08. The summed E-state index contributed by atoms with van der Waals surface area (Å²) >= 11 is 0. The Balaban J connectivity index is 2.51. The molecular formula is C12H20F2O2. The molecule has 1 saturated carbocycles. The van der Waals surface area contributed by atoms with Gasteiger partial charge in [-0.05, 0) is 19.3 Å². The summed E-state index contributed by atoms with van der Waals surface area (Å²) in [4.78, 5) is 10.8. The summed E-state index contributed by atoms with van der Waals surface area (Å²) in [5, 5.41) is 8.85. The van der Waals surface area contributed by atoms with Crippen molar-refractivity contribution < 1.29 is 18.7 Å². The third-order valence-electron chi connectivity index (χ3n) is 3.50. The van der Waals surface area contributed by atoms with Gasteiger partial charge in [0, 0.05) is 12.3 Å². The van der Waals surface area contributed by atoms with E-state index < -0.39 is 23.7 Å². The second-order valence-corrected chi connectivity index (χ2v) is 4.76. The second kappa shape index (κ2) is 5.60. The predicted molar refractivity (Wildman–Crippen MR) is 57.6 cm³/mol. The van der Waals surface area contributed by atoms with Crippen molar-refractivity contribution in [2.75, 3.05) is 0 Å². The molecule has 0 aromatic carbocycles. The van der Waals surface area contributed by atoms with Crippen LogP contribution >= 0.6 is 0 Å². The van der Waals surface area contributed by atoms with Crippen LogP contribution in [-0.2, 0) is 4.79 Å². The summed E-state index contributed by atoms with van der Waals surface area (Å²) in [6, 6.07) is 0. The van der Waals surface area contributed by atoms with E-state index in [1.807, 2.05) is 6.92 Å². The van der Waals surface area contributed by atoms with Gasteiger partial charge in [0.1, 0.15) is 0 Å². The van der Waals surface area contributed by atoms with E-state index in [1.54, 1.807) is 0 Å². The third kappa shape index (κ3) is 3.42. The molecule has 1 fully saturated rings. The van der Waals surface area contributed by atoms with Gasteiger partial charge < -0.3 is 5.11 Å². The molecule has 2 unspecified atom stereocenters. The number of hydrogen-bond donors (Lipinski definition) is 1. The average Bonchev–Trinajstić information content (AvgIpc) is 2.20. The zero-order valence-corrected chi connectivity index (χ0v) is 9.72. The smallest absolute Gasteiger partial charge is 0.306 e. The lowest BCUT2D eigenvalue weighted by Crippen LogP contribution is -2.37. The zero-order chi connectivity index (χ0) is 12.2. The lowest BCUT2D eigenvalue weighted by molar-refractivity contribution is -0.151. The topological polar surface area (TPSA) is 37.3 Å². The quantitative estimate of drug-likeness (QED) is 0.736. The highest BCUT2D eigenvalue weighted by Gasteiger charge is 2.45. The maximum absolute atomic E-state index is 13.5. The molecule has 0 radical (unpaired) electrons. The Hall–Kier alpha value is -0.670. The number of aliphatic carboxylic acids is 1. The van der Waals surface area contributed by atoms with Crippen LogP contribution in [0.4, 0.5) is 8.78 Å². The molecule has 0 bridgehead atoms. The van der Waals surface area contributed by atoms with Crippen molar-refractivity contribution in [1.82, 2.24) is 0 Å². The molecule has 16 heavy (non-hydrogen) atoms. The maximum atomic E-state index is 13.5. The zero-order valence-electron chi connectivity index (χ0n) is 9.72. The number of carboxylic acid groups (broad SMARTS) is 1. The Morgan fingerprint density at radius 1 is 1.44 bits per heavy atom. The third-order valence-corrected chi connectivity index (χ3v) is 3.50. The number of halogens is 2. The van der Waals surface area contributed by atoms with Gasteiger partial charge in [-0.15, -0.1) is 0 Å². The van der Waals surface area contributed by atoms with E-state index in [4.69, 9.17) is 5.11 Å². The highest BCUT2D eigenvalue weighted by Crippen LogP contribution is 2.43. The molecule has 4 heteroatoms. The SMILES string of the molecule is CCCCCC1CC(C(=O)O)CCC1(F)F. The molecule has 1 rings (SSSR count). The molecule has 2 atom stereocenters. The van der Waals surface area contributed by atoms with Crippen LogP contribution < -0.4 is 0 Å². The van der Waals surface area contributed by atoms with Gasteiger partial charge in [0.2, 0.25) is 0 Å². The fourth-order valence-corrected chi connectivity index (χ4v) is 2.40. The summed E-state index contributed by atoms with van der Waals surface area (Å²) in [6.45, 7) is 2.03. The van der Waals surface area contributed by atoms with E-state index in [1.165, 1.54) is 0 Å². The molecule has 0 amide bonds. The summed E-state index contributed by atoms with van der Waals surface area (Å²) in [5.74, 6) is -4.86. The summed E-state index contributed by atoms with van der Waals surface area (Å²) in [7, 11) is 0. The Labute approximate surface area is 95.0 Å². The molecule has 0 heterocycles. The number of alkyl halides is 2. The minimum atomic E-state index is -2.65. The number of hydrogen-bond acceptors (Lipinski definition) is 1. The van der Waals surface area contributed by atoms with Gasteiger partial charge >= 0.3 is 5.97 Å². The first kappa shape index (κ1) is 13.4. The van der Waals surface area contributed by atoms with E-state index in [0.717, 1.165) is 19.3 Å². The molecule has 0 aliphatic heterocycles. The lowest BCUT2D eigenvalue weighted by Gasteiger charge is -2.34. The van der Waals surface area contributed by atoms with Crippen molar-refractivity contribution in [2.24, 2.45) is 11.8 Å². The van der Waals surface area contributed by atoms with Crippen LogP contribution in [0.25, 0.3) is 0 Å². The van der Waals surface area contributed by atoms with Crippen LogP contribution in [0.2, 0.25) is 0 Å². The number of unbranched alkanes of at least 4 members (excludes halogenated alkanes) is 2. The van der Waals surface area contributed by atoms with Crippen molar-refractivity contribution in [3.05, 3.63) is 0 Å². The highest BCUT2D eigenvalue weighted by atomic mass is 19.3. The second-order valence-electron chi connectivity index (χ2n) is 4.76. The van der Waals surface area contributed by atoms with E-state index in [2.05, 4.69) is 0 Å². The van der Waals surface area contributed by atoms with Gasteiger partial charge in [-0.25, -0.2) is 8.78 Å². The lowest BCUT2D eigenvalue weighted by atomic mass is 9.76. The van der Waals surface area contributed by atoms with Crippen LogP contribution in [0, 0.1) is 11.8 Å². The largest absolute Gasteiger partial charge is 0.481 e. The fraction of sp³-hybridized carbons (Fsp3) is 0.917. The van der Waals surface area contributed by atoms with Gasteiger partial charge in [0.15, 0.2) is 0 Å². The molecule has 1 N–H and O–H groups in total. The molecule has 94 valence electrons. The maximum Gasteiger partial charge on any atom is 0.306 e. The Bertz CT molecular complexity index is 241. The monoisotopic (exact) mass is 234 g/mol. The normalized spacial score (nSPS) is 28.9. The molecule has 2 nitrogen and oxygen atoms in total. The minimum Gasteiger partial charge on any atom is -0.481 e. The van der Waals surface area contributed by atoms with Crippen LogP contribution in [0.1, 0.15) is 51.9 Å². The minimum absolute atomic E-state index is 0.118. The molecule has 0 spiro atoms. The average molecular weight is 234 g/mol. The van der Waals surface area contributed by atoms with Crippen LogP contribution in [0.5, 0.6) is 0 Å². The molecule has 1 aliphatic rings.